The lowest BCUT2D eigenvalue weighted by Gasteiger charge is -2.36. The van der Waals surface area contributed by atoms with E-state index < -0.39 is 29.9 Å². The van der Waals surface area contributed by atoms with Gasteiger partial charge in [0.25, 0.3) is 0 Å². The van der Waals surface area contributed by atoms with Crippen LogP contribution in [0.5, 0.6) is 0 Å². The number of likely N-dealkylation sites (tertiary alicyclic amines) is 1. The molecule has 2 aromatic rings. The third-order valence-corrected chi connectivity index (χ3v) is 6.91. The Hall–Kier alpha value is -3.47. The van der Waals surface area contributed by atoms with Gasteiger partial charge in [-0.05, 0) is 48.6 Å². The molecule has 176 valence electrons. The number of piperidine rings is 1. The number of carbonyl (C=O) groups excluding carboxylic acids is 3. The second-order valence-corrected chi connectivity index (χ2v) is 9.07. The number of carbonyl (C=O) groups is 3. The highest BCUT2D eigenvalue weighted by Gasteiger charge is 2.52. The van der Waals surface area contributed by atoms with E-state index in [9.17, 15) is 19.5 Å². The molecule has 4 rings (SSSR count). The Balaban J connectivity index is 1.35. The molecule has 0 radical (unpaired) electrons. The van der Waals surface area contributed by atoms with Crippen LogP contribution in [-0.4, -0.2) is 53.5 Å². The predicted molar refractivity (Wildman–Crippen MR) is 127 cm³/mol. The van der Waals surface area contributed by atoms with E-state index in [0.29, 0.717) is 19.0 Å². The Kier molecular flexibility index (Phi) is 7.11. The molecule has 2 heterocycles. The van der Waals surface area contributed by atoms with Gasteiger partial charge in [0.1, 0.15) is 0 Å². The summed E-state index contributed by atoms with van der Waals surface area (Å²) < 4.78 is 0. The van der Waals surface area contributed by atoms with Crippen LogP contribution >= 0.6 is 0 Å². The fourth-order valence-electron chi connectivity index (χ4n) is 4.76. The van der Waals surface area contributed by atoms with Crippen LogP contribution in [0.1, 0.15) is 48.3 Å². The van der Waals surface area contributed by atoms with Crippen molar-refractivity contribution < 1.29 is 19.5 Å². The number of nitrogens with one attached hydrogen (secondary N) is 1. The SMILES string of the molecule is NC(CO)C1(CC(=O)N2CCC(c3ccc(C#Cc4ccccc4)cc3)CC2)CC(=O)NC1=O. The van der Waals surface area contributed by atoms with Gasteiger partial charge in [0.15, 0.2) is 0 Å². The van der Waals surface area contributed by atoms with E-state index in [0.717, 1.165) is 24.0 Å². The molecule has 3 amide bonds. The molecule has 7 heteroatoms. The Morgan fingerprint density at radius 1 is 1.06 bits per heavy atom. The monoisotopic (exact) mass is 459 g/mol. The molecule has 2 saturated heterocycles. The summed E-state index contributed by atoms with van der Waals surface area (Å²) in [7, 11) is 0. The Bertz CT molecular complexity index is 1110. The van der Waals surface area contributed by atoms with Crippen LogP contribution in [0.3, 0.4) is 0 Å². The molecule has 4 N–H and O–H groups in total. The first-order valence-corrected chi connectivity index (χ1v) is 11.6. The first kappa shape index (κ1) is 23.7. The molecular weight excluding hydrogens is 430 g/mol. The maximum Gasteiger partial charge on any atom is 0.235 e. The van der Waals surface area contributed by atoms with Crippen molar-refractivity contribution in [2.45, 2.75) is 37.6 Å². The highest BCUT2D eigenvalue weighted by atomic mass is 16.3. The second-order valence-electron chi connectivity index (χ2n) is 9.07. The topological polar surface area (TPSA) is 113 Å². The van der Waals surface area contributed by atoms with E-state index >= 15 is 0 Å². The van der Waals surface area contributed by atoms with Gasteiger partial charge in [-0.25, -0.2) is 0 Å². The Labute approximate surface area is 199 Å². The number of amides is 3. The summed E-state index contributed by atoms with van der Waals surface area (Å²) in [6.45, 7) is 0.667. The Morgan fingerprint density at radius 2 is 1.68 bits per heavy atom. The molecule has 2 aliphatic heterocycles. The van der Waals surface area contributed by atoms with Crippen molar-refractivity contribution in [2.24, 2.45) is 11.1 Å². The van der Waals surface area contributed by atoms with Crippen molar-refractivity contribution in [1.29, 1.82) is 0 Å². The molecule has 2 atom stereocenters. The quantitative estimate of drug-likeness (QED) is 0.464. The van der Waals surface area contributed by atoms with Crippen LogP contribution in [0.2, 0.25) is 0 Å². The second kappa shape index (κ2) is 10.2. The standard InChI is InChI=1S/C27H29N3O4/c28-23(18-31)27(16-24(32)29-26(27)34)17-25(33)30-14-12-22(13-15-30)21-10-8-20(9-11-21)7-6-19-4-2-1-3-5-19/h1-5,8-11,22-23,31H,12-18,28H2,(H,29,32,34). The van der Waals surface area contributed by atoms with Crippen LogP contribution in [0.4, 0.5) is 0 Å². The molecule has 2 aromatic carbocycles. The molecular formula is C27H29N3O4. The van der Waals surface area contributed by atoms with Crippen LogP contribution in [0, 0.1) is 17.3 Å². The number of rotatable bonds is 5. The van der Waals surface area contributed by atoms with Crippen LogP contribution < -0.4 is 11.1 Å². The average molecular weight is 460 g/mol. The fourth-order valence-corrected chi connectivity index (χ4v) is 4.76. The minimum atomic E-state index is -1.38. The third kappa shape index (κ3) is 5.04. The van der Waals surface area contributed by atoms with Crippen molar-refractivity contribution in [3.05, 3.63) is 71.3 Å². The smallest absolute Gasteiger partial charge is 0.235 e. The highest BCUT2D eigenvalue weighted by molar-refractivity contribution is 6.07. The highest BCUT2D eigenvalue weighted by Crippen LogP contribution is 2.36. The molecule has 2 unspecified atom stereocenters. The summed E-state index contributed by atoms with van der Waals surface area (Å²) in [6.07, 6.45) is 1.27. The minimum Gasteiger partial charge on any atom is -0.395 e. The van der Waals surface area contributed by atoms with Gasteiger partial charge in [-0.2, -0.15) is 0 Å². The van der Waals surface area contributed by atoms with Crippen LogP contribution in [0.25, 0.3) is 0 Å². The van der Waals surface area contributed by atoms with E-state index in [1.165, 1.54) is 5.56 Å². The zero-order valence-corrected chi connectivity index (χ0v) is 19.0. The molecule has 7 nitrogen and oxygen atoms in total. The van der Waals surface area contributed by atoms with Gasteiger partial charge in [0, 0.05) is 43.1 Å². The van der Waals surface area contributed by atoms with Gasteiger partial charge >= 0.3 is 0 Å². The van der Waals surface area contributed by atoms with Crippen molar-refractivity contribution in [2.75, 3.05) is 19.7 Å². The molecule has 2 fully saturated rings. The minimum absolute atomic E-state index is 0.171. The van der Waals surface area contributed by atoms with Crippen LogP contribution in [0.15, 0.2) is 54.6 Å². The molecule has 0 saturated carbocycles. The average Bonchev–Trinajstić information content (AvgIpc) is 3.16. The number of nitrogens with zero attached hydrogens (tertiary/aromatic N) is 1. The first-order chi connectivity index (χ1) is 16.4. The summed E-state index contributed by atoms with van der Waals surface area (Å²) >= 11 is 0. The number of imide groups is 1. The van der Waals surface area contributed by atoms with Gasteiger partial charge in [-0.3, -0.25) is 19.7 Å². The van der Waals surface area contributed by atoms with Gasteiger partial charge in [-0.15, -0.1) is 0 Å². The van der Waals surface area contributed by atoms with Crippen LogP contribution in [-0.2, 0) is 14.4 Å². The number of hydrogen-bond acceptors (Lipinski definition) is 5. The van der Waals surface area contributed by atoms with Gasteiger partial charge in [0.2, 0.25) is 17.7 Å². The third-order valence-electron chi connectivity index (χ3n) is 6.91. The summed E-state index contributed by atoms with van der Waals surface area (Å²) in [5.74, 6) is 5.44. The van der Waals surface area contributed by atoms with E-state index in [2.05, 4.69) is 29.3 Å². The van der Waals surface area contributed by atoms with Gasteiger partial charge < -0.3 is 15.7 Å². The van der Waals surface area contributed by atoms with E-state index in [1.54, 1.807) is 4.90 Å². The number of benzene rings is 2. The molecule has 0 bridgehead atoms. The fraction of sp³-hybridized carbons (Fsp3) is 0.370. The zero-order valence-electron chi connectivity index (χ0n) is 19.0. The lowest BCUT2D eigenvalue weighted by atomic mass is 9.75. The predicted octanol–water partition coefficient (Wildman–Crippen LogP) is 1.53. The number of aliphatic hydroxyl groups is 1. The maximum atomic E-state index is 13.0. The van der Waals surface area contributed by atoms with Crippen molar-refractivity contribution >= 4 is 17.7 Å². The van der Waals surface area contributed by atoms with Crippen molar-refractivity contribution in [3.63, 3.8) is 0 Å². The summed E-state index contributed by atoms with van der Waals surface area (Å²) in [5.41, 5.74) is 7.74. The van der Waals surface area contributed by atoms with Crippen molar-refractivity contribution in [3.8, 4) is 11.8 Å². The number of aliphatic hydroxyl groups excluding tert-OH is 1. The normalized spacial score (nSPS) is 21.5. The lowest BCUT2D eigenvalue weighted by Crippen LogP contribution is -2.52. The zero-order chi connectivity index (χ0) is 24.1. The van der Waals surface area contributed by atoms with E-state index in [1.807, 2.05) is 42.5 Å². The van der Waals surface area contributed by atoms with Crippen molar-refractivity contribution in [1.82, 2.24) is 10.2 Å². The summed E-state index contributed by atoms with van der Waals surface area (Å²) in [4.78, 5) is 38.9. The summed E-state index contributed by atoms with van der Waals surface area (Å²) in [6, 6.07) is 17.1. The Morgan fingerprint density at radius 3 is 2.24 bits per heavy atom. The first-order valence-electron chi connectivity index (χ1n) is 11.6. The maximum absolute atomic E-state index is 13.0. The van der Waals surface area contributed by atoms with E-state index in [4.69, 9.17) is 5.73 Å². The molecule has 34 heavy (non-hydrogen) atoms. The lowest BCUT2D eigenvalue weighted by molar-refractivity contribution is -0.141. The number of hydrogen-bond donors (Lipinski definition) is 3. The van der Waals surface area contributed by atoms with Gasteiger partial charge in [-0.1, -0.05) is 42.2 Å². The van der Waals surface area contributed by atoms with E-state index in [-0.39, 0.29) is 18.7 Å². The molecule has 2 aliphatic rings. The molecule has 0 aliphatic carbocycles. The van der Waals surface area contributed by atoms with Gasteiger partial charge in [0.05, 0.1) is 12.0 Å². The largest absolute Gasteiger partial charge is 0.395 e. The number of nitrogens with two attached hydrogens (primary N) is 1. The molecule has 0 spiro atoms. The summed E-state index contributed by atoms with van der Waals surface area (Å²) in [5, 5.41) is 11.7. The molecule has 0 aromatic heterocycles.